The van der Waals surface area contributed by atoms with Gasteiger partial charge in [-0.15, -0.1) is 0 Å². The van der Waals surface area contributed by atoms with Gasteiger partial charge in [0, 0.05) is 7.11 Å². The topological polar surface area (TPSA) is 49.7 Å². The lowest BCUT2D eigenvalue weighted by atomic mass is 9.82. The Balaban J connectivity index is 3.02. The van der Waals surface area contributed by atoms with Gasteiger partial charge in [0.2, 0.25) is 0 Å². The highest BCUT2D eigenvalue weighted by Gasteiger charge is 2.30. The number of aryl methyl sites for hydroxylation is 1. The molecular formula is C12H18O3. The Bertz CT molecular complexity index is 288. The number of aliphatic hydroxyl groups excluding tert-OH is 2. The molecule has 0 saturated carbocycles. The summed E-state index contributed by atoms with van der Waals surface area (Å²) >= 11 is 0. The molecular weight excluding hydrogens is 192 g/mol. The fourth-order valence-electron chi connectivity index (χ4n) is 1.59. The van der Waals surface area contributed by atoms with Crippen LogP contribution in [0.3, 0.4) is 0 Å². The van der Waals surface area contributed by atoms with Crippen molar-refractivity contribution < 1.29 is 14.9 Å². The normalized spacial score (nSPS) is 11.7. The number of rotatable bonds is 5. The molecule has 3 heteroatoms. The zero-order valence-corrected chi connectivity index (χ0v) is 9.23. The van der Waals surface area contributed by atoms with E-state index in [9.17, 15) is 10.2 Å². The van der Waals surface area contributed by atoms with Crippen LogP contribution >= 0.6 is 0 Å². The van der Waals surface area contributed by atoms with Crippen molar-refractivity contribution in [1.82, 2.24) is 0 Å². The lowest BCUT2D eigenvalue weighted by molar-refractivity contribution is 0.0418. The van der Waals surface area contributed by atoms with E-state index in [1.807, 2.05) is 31.2 Å². The molecule has 1 aromatic carbocycles. The maximum absolute atomic E-state index is 9.39. The van der Waals surface area contributed by atoms with Gasteiger partial charge in [0.25, 0.3) is 0 Å². The molecule has 0 amide bonds. The van der Waals surface area contributed by atoms with Crippen molar-refractivity contribution in [2.24, 2.45) is 0 Å². The predicted molar refractivity (Wildman–Crippen MR) is 58.9 cm³/mol. The Labute approximate surface area is 90.3 Å². The molecule has 0 saturated heterocycles. The van der Waals surface area contributed by atoms with E-state index >= 15 is 0 Å². The first kappa shape index (κ1) is 12.2. The molecule has 0 bridgehead atoms. The number of ether oxygens (including phenoxy) is 1. The number of hydrogen-bond acceptors (Lipinski definition) is 3. The summed E-state index contributed by atoms with van der Waals surface area (Å²) in [5.41, 5.74) is 1.36. The number of benzene rings is 1. The van der Waals surface area contributed by atoms with E-state index in [0.29, 0.717) is 6.61 Å². The predicted octanol–water partition coefficient (Wildman–Crippen LogP) is 0.864. The Morgan fingerprint density at radius 1 is 1.13 bits per heavy atom. The van der Waals surface area contributed by atoms with E-state index in [0.717, 1.165) is 11.1 Å². The summed E-state index contributed by atoms with van der Waals surface area (Å²) < 4.78 is 5.05. The molecule has 0 radical (unpaired) electrons. The fraction of sp³-hybridized carbons (Fsp3) is 0.500. The molecule has 1 rings (SSSR count). The monoisotopic (exact) mass is 210 g/mol. The molecule has 1 aromatic rings. The minimum Gasteiger partial charge on any atom is -0.395 e. The van der Waals surface area contributed by atoms with E-state index in [-0.39, 0.29) is 13.2 Å². The summed E-state index contributed by atoms with van der Waals surface area (Å²) in [6.45, 7) is 2.06. The summed E-state index contributed by atoms with van der Waals surface area (Å²) in [6, 6.07) is 7.76. The van der Waals surface area contributed by atoms with Gasteiger partial charge >= 0.3 is 0 Å². The van der Waals surface area contributed by atoms with Crippen LogP contribution in [0.4, 0.5) is 0 Å². The second-order valence-corrected chi connectivity index (χ2v) is 3.90. The van der Waals surface area contributed by atoms with Gasteiger partial charge in [0.1, 0.15) is 0 Å². The quantitative estimate of drug-likeness (QED) is 0.758. The first-order chi connectivity index (χ1) is 7.18. The highest BCUT2D eigenvalue weighted by Crippen LogP contribution is 2.24. The molecule has 0 aliphatic heterocycles. The van der Waals surface area contributed by atoms with Gasteiger partial charge in [-0.2, -0.15) is 0 Å². The minimum atomic E-state index is -0.692. The highest BCUT2D eigenvalue weighted by molar-refractivity contribution is 5.29. The number of aliphatic hydroxyl groups is 2. The van der Waals surface area contributed by atoms with E-state index in [1.54, 1.807) is 7.11 Å². The van der Waals surface area contributed by atoms with Crippen LogP contribution in [0, 0.1) is 6.92 Å². The Morgan fingerprint density at radius 3 is 2.07 bits per heavy atom. The third kappa shape index (κ3) is 2.56. The van der Waals surface area contributed by atoms with Crippen molar-refractivity contribution in [2.75, 3.05) is 26.9 Å². The molecule has 0 spiro atoms. The van der Waals surface area contributed by atoms with Gasteiger partial charge in [-0.3, -0.25) is 0 Å². The third-order valence-corrected chi connectivity index (χ3v) is 2.69. The smallest absolute Gasteiger partial charge is 0.0648 e. The second kappa shape index (κ2) is 5.26. The van der Waals surface area contributed by atoms with Crippen molar-refractivity contribution in [3.05, 3.63) is 35.4 Å². The molecule has 2 N–H and O–H groups in total. The van der Waals surface area contributed by atoms with Crippen LogP contribution in [-0.2, 0) is 10.2 Å². The van der Waals surface area contributed by atoms with Crippen molar-refractivity contribution in [3.63, 3.8) is 0 Å². The third-order valence-electron chi connectivity index (χ3n) is 2.69. The summed E-state index contributed by atoms with van der Waals surface area (Å²) in [5, 5.41) is 18.8. The van der Waals surface area contributed by atoms with Gasteiger partial charge < -0.3 is 14.9 Å². The largest absolute Gasteiger partial charge is 0.395 e. The van der Waals surface area contributed by atoms with Crippen molar-refractivity contribution in [2.45, 2.75) is 12.3 Å². The Morgan fingerprint density at radius 2 is 1.67 bits per heavy atom. The van der Waals surface area contributed by atoms with E-state index in [4.69, 9.17) is 4.74 Å². The zero-order chi connectivity index (χ0) is 11.3. The Hall–Kier alpha value is -0.900. The van der Waals surface area contributed by atoms with Gasteiger partial charge in [0.15, 0.2) is 0 Å². The second-order valence-electron chi connectivity index (χ2n) is 3.90. The molecule has 0 atom stereocenters. The number of hydrogen-bond donors (Lipinski definition) is 2. The summed E-state index contributed by atoms with van der Waals surface area (Å²) in [7, 11) is 1.56. The van der Waals surface area contributed by atoms with E-state index < -0.39 is 5.41 Å². The lowest BCUT2D eigenvalue weighted by Crippen LogP contribution is -2.39. The molecule has 0 heterocycles. The maximum Gasteiger partial charge on any atom is 0.0648 e. The van der Waals surface area contributed by atoms with Crippen LogP contribution in [0.15, 0.2) is 24.3 Å². The van der Waals surface area contributed by atoms with Crippen LogP contribution in [0.2, 0.25) is 0 Å². The van der Waals surface area contributed by atoms with E-state index in [1.165, 1.54) is 0 Å². The van der Waals surface area contributed by atoms with Gasteiger partial charge in [0.05, 0.1) is 25.2 Å². The summed E-state index contributed by atoms with van der Waals surface area (Å²) in [6.07, 6.45) is 0. The molecule has 0 fully saturated rings. The molecule has 0 aliphatic rings. The first-order valence-corrected chi connectivity index (χ1v) is 4.96. The molecule has 0 unspecified atom stereocenters. The SMILES string of the molecule is COCC(CO)(CO)c1ccc(C)cc1. The maximum atomic E-state index is 9.39. The van der Waals surface area contributed by atoms with Crippen molar-refractivity contribution in [1.29, 1.82) is 0 Å². The average Bonchev–Trinajstić information content (AvgIpc) is 2.27. The van der Waals surface area contributed by atoms with Crippen molar-refractivity contribution in [3.8, 4) is 0 Å². The van der Waals surface area contributed by atoms with Crippen molar-refractivity contribution >= 4 is 0 Å². The zero-order valence-electron chi connectivity index (χ0n) is 9.23. The highest BCUT2D eigenvalue weighted by atomic mass is 16.5. The molecule has 3 nitrogen and oxygen atoms in total. The first-order valence-electron chi connectivity index (χ1n) is 4.96. The molecule has 0 aromatic heterocycles. The molecule has 84 valence electrons. The van der Waals surface area contributed by atoms with Crippen LogP contribution in [0.25, 0.3) is 0 Å². The minimum absolute atomic E-state index is 0.125. The van der Waals surface area contributed by atoms with E-state index in [2.05, 4.69) is 0 Å². The lowest BCUT2D eigenvalue weighted by Gasteiger charge is -2.29. The van der Waals surface area contributed by atoms with Gasteiger partial charge in [-0.05, 0) is 12.5 Å². The Kier molecular flexibility index (Phi) is 4.27. The van der Waals surface area contributed by atoms with Gasteiger partial charge in [-0.1, -0.05) is 29.8 Å². The molecule has 0 aliphatic carbocycles. The van der Waals surface area contributed by atoms with Crippen LogP contribution in [-0.4, -0.2) is 37.1 Å². The summed E-state index contributed by atoms with van der Waals surface area (Å²) in [5.74, 6) is 0. The van der Waals surface area contributed by atoms with Crippen LogP contribution < -0.4 is 0 Å². The number of methoxy groups -OCH3 is 1. The fourth-order valence-corrected chi connectivity index (χ4v) is 1.59. The summed E-state index contributed by atoms with van der Waals surface area (Å²) in [4.78, 5) is 0. The average molecular weight is 210 g/mol. The standard InChI is InChI=1S/C12H18O3/c1-10-3-5-11(6-4-10)12(7-13,8-14)9-15-2/h3-6,13-14H,7-9H2,1-2H3. The van der Waals surface area contributed by atoms with Crippen LogP contribution in [0.5, 0.6) is 0 Å². The van der Waals surface area contributed by atoms with Crippen LogP contribution in [0.1, 0.15) is 11.1 Å². The van der Waals surface area contributed by atoms with Gasteiger partial charge in [-0.25, -0.2) is 0 Å². The molecule has 15 heavy (non-hydrogen) atoms.